The Balaban J connectivity index is 2.05. The zero-order valence-electron chi connectivity index (χ0n) is 11.0. The van der Waals surface area contributed by atoms with Gasteiger partial charge in [0.25, 0.3) is 5.56 Å². The fourth-order valence-corrected chi connectivity index (χ4v) is 1.94. The first-order chi connectivity index (χ1) is 10.1. The molecule has 0 aliphatic heterocycles. The minimum Gasteiger partial charge on any atom is -0.476 e. The van der Waals surface area contributed by atoms with Gasteiger partial charge in [-0.15, -0.1) is 10.2 Å². The van der Waals surface area contributed by atoms with E-state index in [-0.39, 0.29) is 17.9 Å². The van der Waals surface area contributed by atoms with E-state index < -0.39 is 5.97 Å². The molecule has 3 aromatic rings. The van der Waals surface area contributed by atoms with Gasteiger partial charge >= 0.3 is 5.97 Å². The molecule has 0 aliphatic carbocycles. The zero-order valence-corrected chi connectivity index (χ0v) is 11.0. The first-order valence-corrected chi connectivity index (χ1v) is 6.04. The summed E-state index contributed by atoms with van der Waals surface area (Å²) in [7, 11) is 0. The van der Waals surface area contributed by atoms with Crippen LogP contribution in [-0.4, -0.2) is 41.1 Å². The standard InChI is InChI=1S/C12H10N6O3/c1-7-10(12(20)21)14-16-17(7)6-18-11(19)8-4-2-3-5-9(8)13-15-18/h2-5H,6H2,1H3,(H,20,21). The van der Waals surface area contributed by atoms with Gasteiger partial charge in [-0.3, -0.25) is 4.79 Å². The Hall–Kier alpha value is -3.10. The van der Waals surface area contributed by atoms with Crippen LogP contribution >= 0.6 is 0 Å². The number of aromatic carboxylic acids is 1. The van der Waals surface area contributed by atoms with Gasteiger partial charge in [-0.2, -0.15) is 4.68 Å². The second-order valence-electron chi connectivity index (χ2n) is 4.38. The summed E-state index contributed by atoms with van der Waals surface area (Å²) in [6.07, 6.45) is 0. The normalized spacial score (nSPS) is 10.9. The van der Waals surface area contributed by atoms with Gasteiger partial charge in [-0.05, 0) is 19.1 Å². The summed E-state index contributed by atoms with van der Waals surface area (Å²) in [5.74, 6) is -1.17. The second-order valence-corrected chi connectivity index (χ2v) is 4.38. The van der Waals surface area contributed by atoms with E-state index in [1.807, 2.05) is 0 Å². The van der Waals surface area contributed by atoms with Gasteiger partial charge in [0.2, 0.25) is 0 Å². The number of carboxylic acid groups (broad SMARTS) is 1. The molecule has 0 fully saturated rings. The summed E-state index contributed by atoms with van der Waals surface area (Å²) < 4.78 is 2.39. The van der Waals surface area contributed by atoms with E-state index in [2.05, 4.69) is 20.6 Å². The molecule has 0 bridgehead atoms. The molecule has 21 heavy (non-hydrogen) atoms. The van der Waals surface area contributed by atoms with Crippen molar-refractivity contribution in [2.75, 3.05) is 0 Å². The van der Waals surface area contributed by atoms with Crippen molar-refractivity contribution >= 4 is 16.9 Å². The molecule has 9 nitrogen and oxygen atoms in total. The molecule has 0 unspecified atom stereocenters. The maximum absolute atomic E-state index is 12.3. The lowest BCUT2D eigenvalue weighted by atomic mass is 10.2. The SMILES string of the molecule is Cc1c(C(=O)O)nnn1Cn1nnc2ccccc2c1=O. The van der Waals surface area contributed by atoms with Crippen LogP contribution in [0, 0.1) is 6.92 Å². The van der Waals surface area contributed by atoms with Crippen molar-refractivity contribution in [2.45, 2.75) is 13.6 Å². The van der Waals surface area contributed by atoms with Gasteiger partial charge in [-0.1, -0.05) is 22.6 Å². The van der Waals surface area contributed by atoms with Crippen molar-refractivity contribution in [3.63, 3.8) is 0 Å². The molecule has 9 heteroatoms. The maximum Gasteiger partial charge on any atom is 0.358 e. The lowest BCUT2D eigenvalue weighted by Gasteiger charge is -2.05. The third-order valence-electron chi connectivity index (χ3n) is 3.08. The highest BCUT2D eigenvalue weighted by Gasteiger charge is 2.16. The van der Waals surface area contributed by atoms with E-state index in [1.165, 1.54) is 4.68 Å². The Morgan fingerprint density at radius 3 is 2.62 bits per heavy atom. The summed E-state index contributed by atoms with van der Waals surface area (Å²) in [6.45, 7) is 1.51. The van der Waals surface area contributed by atoms with Crippen molar-refractivity contribution in [1.29, 1.82) is 0 Å². The molecule has 0 saturated carbocycles. The van der Waals surface area contributed by atoms with Crippen molar-refractivity contribution in [1.82, 2.24) is 30.0 Å². The summed E-state index contributed by atoms with van der Waals surface area (Å²) in [4.78, 5) is 23.2. The molecule has 0 radical (unpaired) electrons. The van der Waals surface area contributed by atoms with E-state index >= 15 is 0 Å². The van der Waals surface area contributed by atoms with Crippen LogP contribution in [0.2, 0.25) is 0 Å². The molecular formula is C12H10N6O3. The quantitative estimate of drug-likeness (QED) is 0.714. The molecule has 0 amide bonds. The van der Waals surface area contributed by atoms with E-state index in [4.69, 9.17) is 5.11 Å². The molecular weight excluding hydrogens is 276 g/mol. The largest absolute Gasteiger partial charge is 0.476 e. The fraction of sp³-hybridized carbons (Fsp3) is 0.167. The van der Waals surface area contributed by atoms with Gasteiger partial charge in [0.05, 0.1) is 11.1 Å². The second kappa shape index (κ2) is 4.78. The maximum atomic E-state index is 12.3. The summed E-state index contributed by atoms with van der Waals surface area (Å²) >= 11 is 0. The van der Waals surface area contributed by atoms with Crippen LogP contribution in [0.3, 0.4) is 0 Å². The van der Waals surface area contributed by atoms with E-state index in [0.29, 0.717) is 16.6 Å². The molecule has 2 aromatic heterocycles. The number of carboxylic acids is 1. The molecule has 0 saturated heterocycles. The molecule has 106 valence electrons. The Morgan fingerprint density at radius 1 is 1.19 bits per heavy atom. The highest BCUT2D eigenvalue weighted by atomic mass is 16.4. The number of carbonyl (C=O) groups is 1. The van der Waals surface area contributed by atoms with Crippen molar-refractivity contribution in [2.24, 2.45) is 0 Å². The topological polar surface area (TPSA) is 116 Å². The van der Waals surface area contributed by atoms with E-state index in [9.17, 15) is 9.59 Å². The first kappa shape index (κ1) is 12.9. The summed E-state index contributed by atoms with van der Waals surface area (Å²) in [5, 5.41) is 24.4. The Bertz CT molecular complexity index is 897. The van der Waals surface area contributed by atoms with Crippen LogP contribution in [-0.2, 0) is 6.67 Å². The smallest absolute Gasteiger partial charge is 0.358 e. The van der Waals surface area contributed by atoms with Gasteiger partial charge in [0.15, 0.2) is 5.69 Å². The monoisotopic (exact) mass is 286 g/mol. The summed E-state index contributed by atoms with van der Waals surface area (Å²) in [5.41, 5.74) is 0.355. The van der Waals surface area contributed by atoms with E-state index in [0.717, 1.165) is 4.68 Å². The van der Waals surface area contributed by atoms with Gasteiger partial charge in [0.1, 0.15) is 12.2 Å². The molecule has 1 aromatic carbocycles. The lowest BCUT2D eigenvalue weighted by Crippen LogP contribution is -2.28. The zero-order chi connectivity index (χ0) is 15.0. The molecule has 0 aliphatic rings. The number of benzene rings is 1. The fourth-order valence-electron chi connectivity index (χ4n) is 1.94. The van der Waals surface area contributed by atoms with Gasteiger partial charge in [-0.25, -0.2) is 9.48 Å². The number of nitrogens with zero attached hydrogens (tertiary/aromatic N) is 6. The average molecular weight is 286 g/mol. The van der Waals surface area contributed by atoms with Gasteiger partial charge in [0, 0.05) is 0 Å². The number of rotatable bonds is 3. The number of aromatic nitrogens is 6. The Morgan fingerprint density at radius 2 is 1.90 bits per heavy atom. The van der Waals surface area contributed by atoms with Crippen molar-refractivity contribution in [3.8, 4) is 0 Å². The minimum absolute atomic E-state index is 0.0528. The van der Waals surface area contributed by atoms with Crippen LogP contribution in [0.5, 0.6) is 0 Å². The Kier molecular flexibility index (Phi) is 2.94. The highest BCUT2D eigenvalue weighted by molar-refractivity contribution is 5.86. The predicted octanol–water partition coefficient (Wildman–Crippen LogP) is -0.105. The third kappa shape index (κ3) is 2.14. The molecule has 2 heterocycles. The molecule has 3 rings (SSSR count). The number of hydrogen-bond donors (Lipinski definition) is 1. The predicted molar refractivity (Wildman–Crippen MR) is 70.9 cm³/mol. The number of hydrogen-bond acceptors (Lipinski definition) is 6. The van der Waals surface area contributed by atoms with Gasteiger partial charge < -0.3 is 5.11 Å². The van der Waals surface area contributed by atoms with Crippen LogP contribution in [0.1, 0.15) is 16.2 Å². The third-order valence-corrected chi connectivity index (χ3v) is 3.08. The van der Waals surface area contributed by atoms with Crippen molar-refractivity contribution in [3.05, 3.63) is 46.0 Å². The van der Waals surface area contributed by atoms with E-state index in [1.54, 1.807) is 31.2 Å². The average Bonchev–Trinajstić information content (AvgIpc) is 2.84. The lowest BCUT2D eigenvalue weighted by molar-refractivity contribution is 0.0689. The molecule has 1 N–H and O–H groups in total. The molecule has 0 spiro atoms. The number of fused-ring (bicyclic) bond motifs is 1. The van der Waals surface area contributed by atoms with Crippen LogP contribution in [0.15, 0.2) is 29.1 Å². The van der Waals surface area contributed by atoms with Crippen LogP contribution in [0.25, 0.3) is 10.9 Å². The first-order valence-electron chi connectivity index (χ1n) is 6.04. The Labute approximate surface area is 117 Å². The highest BCUT2D eigenvalue weighted by Crippen LogP contribution is 2.05. The minimum atomic E-state index is -1.17. The van der Waals surface area contributed by atoms with Crippen molar-refractivity contribution < 1.29 is 9.90 Å². The van der Waals surface area contributed by atoms with Crippen LogP contribution < -0.4 is 5.56 Å². The van der Waals surface area contributed by atoms with Crippen LogP contribution in [0.4, 0.5) is 0 Å². The molecule has 0 atom stereocenters. The summed E-state index contributed by atoms with van der Waals surface area (Å²) in [6, 6.07) is 6.84.